The van der Waals surface area contributed by atoms with Crippen LogP contribution in [0, 0.1) is 0 Å². The fraction of sp³-hybridized carbons (Fsp3) is 0.583. The summed E-state index contributed by atoms with van der Waals surface area (Å²) in [6, 6.07) is 0.169. The lowest BCUT2D eigenvalue weighted by molar-refractivity contribution is 0.190. The molecule has 0 saturated heterocycles. The van der Waals surface area contributed by atoms with E-state index in [-0.39, 0.29) is 6.04 Å². The van der Waals surface area contributed by atoms with Gasteiger partial charge < -0.3 is 10.1 Å². The molecule has 2 rings (SSSR count). The van der Waals surface area contributed by atoms with Crippen molar-refractivity contribution in [2.45, 2.75) is 32.7 Å². The van der Waals surface area contributed by atoms with Crippen LogP contribution in [0.1, 0.15) is 32.3 Å². The molecule has 6 nitrogen and oxygen atoms in total. The fourth-order valence-electron chi connectivity index (χ4n) is 1.80. The summed E-state index contributed by atoms with van der Waals surface area (Å²) in [5.41, 5.74) is 1.98. The molecule has 98 valence electrons. The molecular weight excluding hydrogens is 230 g/mol. The number of nitrogens with zero attached hydrogens (tertiary/aromatic N) is 4. The van der Waals surface area contributed by atoms with E-state index in [1.54, 1.807) is 18.0 Å². The van der Waals surface area contributed by atoms with E-state index >= 15 is 0 Å². The molecule has 0 unspecified atom stereocenters. The quantitative estimate of drug-likeness (QED) is 0.873. The lowest BCUT2D eigenvalue weighted by Gasteiger charge is -2.12. The van der Waals surface area contributed by atoms with Crippen molar-refractivity contribution in [3.63, 3.8) is 0 Å². The highest BCUT2D eigenvalue weighted by molar-refractivity contribution is 5.50. The van der Waals surface area contributed by atoms with Gasteiger partial charge in [-0.1, -0.05) is 13.8 Å². The van der Waals surface area contributed by atoms with Crippen LogP contribution in [0.2, 0.25) is 0 Å². The van der Waals surface area contributed by atoms with E-state index in [2.05, 4.69) is 34.2 Å². The van der Waals surface area contributed by atoms with Crippen molar-refractivity contribution >= 4 is 11.6 Å². The van der Waals surface area contributed by atoms with Crippen molar-refractivity contribution in [3.8, 4) is 0 Å². The van der Waals surface area contributed by atoms with Crippen LogP contribution in [-0.2, 0) is 4.74 Å². The minimum absolute atomic E-state index is 0.169. The van der Waals surface area contributed by atoms with E-state index < -0.39 is 0 Å². The van der Waals surface area contributed by atoms with Gasteiger partial charge in [0.15, 0.2) is 5.65 Å². The van der Waals surface area contributed by atoms with E-state index in [9.17, 15) is 0 Å². The molecule has 0 spiro atoms. The van der Waals surface area contributed by atoms with Gasteiger partial charge in [-0.15, -0.1) is 0 Å². The zero-order chi connectivity index (χ0) is 13.1. The molecule has 0 amide bonds. The minimum Gasteiger partial charge on any atom is -0.383 e. The van der Waals surface area contributed by atoms with Gasteiger partial charge in [-0.3, -0.25) is 0 Å². The van der Waals surface area contributed by atoms with Crippen LogP contribution in [-0.4, -0.2) is 39.3 Å². The number of nitrogens with one attached hydrogen (secondary N) is 1. The normalized spacial score (nSPS) is 13.2. The lowest BCUT2D eigenvalue weighted by atomic mass is 10.1. The molecule has 1 N–H and O–H groups in total. The second-order valence-corrected chi connectivity index (χ2v) is 4.70. The third-order valence-electron chi connectivity index (χ3n) is 2.71. The summed E-state index contributed by atoms with van der Waals surface area (Å²) < 4.78 is 6.77. The average molecular weight is 249 g/mol. The number of methoxy groups -OCH3 is 1. The van der Waals surface area contributed by atoms with E-state index in [1.807, 2.05) is 13.1 Å². The predicted molar refractivity (Wildman–Crippen MR) is 69.8 cm³/mol. The smallest absolute Gasteiger partial charge is 0.226 e. The number of hydrogen-bond donors (Lipinski definition) is 1. The van der Waals surface area contributed by atoms with Crippen LogP contribution < -0.4 is 5.32 Å². The first-order valence-electron chi connectivity index (χ1n) is 6.07. The van der Waals surface area contributed by atoms with Crippen LogP contribution in [0.5, 0.6) is 0 Å². The molecule has 0 saturated carbocycles. The van der Waals surface area contributed by atoms with Gasteiger partial charge in [0, 0.05) is 18.7 Å². The summed E-state index contributed by atoms with van der Waals surface area (Å²) >= 11 is 0. The Morgan fingerprint density at radius 3 is 2.83 bits per heavy atom. The number of rotatable bonds is 5. The first-order valence-corrected chi connectivity index (χ1v) is 6.07. The summed E-state index contributed by atoms with van der Waals surface area (Å²) in [7, 11) is 1.68. The van der Waals surface area contributed by atoms with Crippen molar-refractivity contribution < 1.29 is 4.74 Å². The molecule has 18 heavy (non-hydrogen) atoms. The maximum absolute atomic E-state index is 5.07. The monoisotopic (exact) mass is 249 g/mol. The summed E-state index contributed by atoms with van der Waals surface area (Å²) in [5.74, 6) is 0.996. The van der Waals surface area contributed by atoms with Crippen molar-refractivity contribution in [1.29, 1.82) is 0 Å². The van der Waals surface area contributed by atoms with Crippen LogP contribution in [0.3, 0.4) is 0 Å². The van der Waals surface area contributed by atoms with Crippen LogP contribution >= 0.6 is 0 Å². The van der Waals surface area contributed by atoms with Crippen molar-refractivity contribution in [3.05, 3.63) is 18.1 Å². The molecule has 0 radical (unpaired) electrons. The summed E-state index contributed by atoms with van der Waals surface area (Å²) in [5, 5.41) is 7.44. The van der Waals surface area contributed by atoms with Crippen LogP contribution in [0.4, 0.5) is 5.95 Å². The molecule has 0 aliphatic carbocycles. The van der Waals surface area contributed by atoms with Gasteiger partial charge in [0.1, 0.15) is 6.33 Å². The molecule has 6 heteroatoms. The number of hydrogen-bond acceptors (Lipinski definition) is 5. The molecule has 2 aromatic heterocycles. The highest BCUT2D eigenvalue weighted by atomic mass is 16.5. The number of ether oxygens (including phenoxy) is 1. The molecule has 2 aromatic rings. The zero-order valence-electron chi connectivity index (χ0n) is 11.2. The minimum atomic E-state index is 0.169. The Bertz CT molecular complexity index is 522. The van der Waals surface area contributed by atoms with E-state index in [0.29, 0.717) is 18.5 Å². The van der Waals surface area contributed by atoms with E-state index in [1.165, 1.54) is 0 Å². The van der Waals surface area contributed by atoms with Gasteiger partial charge in [0.05, 0.1) is 12.8 Å². The zero-order valence-corrected chi connectivity index (χ0v) is 11.2. The highest BCUT2D eigenvalue weighted by Gasteiger charge is 2.11. The molecule has 0 fully saturated rings. The average Bonchev–Trinajstić information content (AvgIpc) is 2.72. The second kappa shape index (κ2) is 5.30. The Kier molecular flexibility index (Phi) is 3.76. The first kappa shape index (κ1) is 12.8. The second-order valence-electron chi connectivity index (χ2n) is 4.70. The number of fused-ring (bicyclic) bond motifs is 1. The molecule has 0 aliphatic heterocycles. The van der Waals surface area contributed by atoms with E-state index in [0.717, 1.165) is 11.2 Å². The SMILES string of the molecule is COC[C@@H](C)Nc1ncn2ncc(C(C)C)c2n1. The molecule has 1 atom stereocenters. The molecule has 2 heterocycles. The highest BCUT2D eigenvalue weighted by Crippen LogP contribution is 2.18. The van der Waals surface area contributed by atoms with Gasteiger partial charge in [0.2, 0.25) is 5.95 Å². The largest absolute Gasteiger partial charge is 0.383 e. The van der Waals surface area contributed by atoms with Crippen molar-refractivity contribution in [1.82, 2.24) is 19.6 Å². The van der Waals surface area contributed by atoms with Crippen molar-refractivity contribution in [2.75, 3.05) is 19.0 Å². The van der Waals surface area contributed by atoms with Gasteiger partial charge in [-0.25, -0.2) is 9.50 Å². The van der Waals surface area contributed by atoms with Crippen molar-refractivity contribution in [2.24, 2.45) is 0 Å². The van der Waals surface area contributed by atoms with Crippen LogP contribution in [0.25, 0.3) is 5.65 Å². The maximum atomic E-state index is 5.07. The van der Waals surface area contributed by atoms with Gasteiger partial charge in [-0.2, -0.15) is 10.1 Å². The Morgan fingerprint density at radius 2 is 2.17 bits per heavy atom. The molecular formula is C12H19N5O. The summed E-state index contributed by atoms with van der Waals surface area (Å²) in [6.07, 6.45) is 3.52. The summed E-state index contributed by atoms with van der Waals surface area (Å²) in [4.78, 5) is 8.73. The lowest BCUT2D eigenvalue weighted by Crippen LogP contribution is -2.22. The van der Waals surface area contributed by atoms with Gasteiger partial charge in [0.25, 0.3) is 0 Å². The molecule has 0 aromatic carbocycles. The molecule has 0 bridgehead atoms. The maximum Gasteiger partial charge on any atom is 0.226 e. The third kappa shape index (κ3) is 2.59. The standard InChI is InChI=1S/C12H19N5O/c1-8(2)10-5-14-17-7-13-12(16-11(10)17)15-9(3)6-18-4/h5,7-9H,6H2,1-4H3,(H,15,16)/t9-/m1/s1. The Balaban J connectivity index is 2.28. The number of anilines is 1. The predicted octanol–water partition coefficient (Wildman–Crippen LogP) is 1.69. The third-order valence-corrected chi connectivity index (χ3v) is 2.71. The Labute approximate surface area is 106 Å². The van der Waals surface area contributed by atoms with E-state index in [4.69, 9.17) is 4.74 Å². The number of aromatic nitrogens is 4. The molecule has 0 aliphatic rings. The van der Waals surface area contributed by atoms with Crippen LogP contribution in [0.15, 0.2) is 12.5 Å². The Morgan fingerprint density at radius 1 is 1.39 bits per heavy atom. The first-order chi connectivity index (χ1) is 8.61. The van der Waals surface area contributed by atoms with Gasteiger partial charge >= 0.3 is 0 Å². The summed E-state index contributed by atoms with van der Waals surface area (Å²) in [6.45, 7) is 6.89. The van der Waals surface area contributed by atoms with Gasteiger partial charge in [-0.05, 0) is 12.8 Å². The fourth-order valence-corrected chi connectivity index (χ4v) is 1.80. The topological polar surface area (TPSA) is 64.3 Å². The Hall–Kier alpha value is -1.69.